The first-order valence-electron chi connectivity index (χ1n) is 15.6. The number of fused-ring (bicyclic) bond motifs is 2. The molecular weight excluding hydrogens is 532 g/mol. The van der Waals surface area contributed by atoms with Gasteiger partial charge in [-0.3, -0.25) is 9.80 Å². The van der Waals surface area contributed by atoms with Crippen molar-refractivity contribution in [1.29, 1.82) is 0 Å². The second-order valence-corrected chi connectivity index (χ2v) is 11.9. The van der Waals surface area contributed by atoms with E-state index < -0.39 is 24.1 Å². The molecule has 2 aliphatic heterocycles. The summed E-state index contributed by atoms with van der Waals surface area (Å²) in [6.07, 6.45) is 7.68. The van der Waals surface area contributed by atoms with Crippen LogP contribution < -0.4 is 9.47 Å². The van der Waals surface area contributed by atoms with Gasteiger partial charge in [0, 0.05) is 38.3 Å². The van der Waals surface area contributed by atoms with Crippen LogP contribution in [-0.2, 0) is 44.7 Å². The lowest BCUT2D eigenvalue weighted by Gasteiger charge is -2.21. The predicted molar refractivity (Wildman–Crippen MR) is 159 cm³/mol. The SMILES string of the molecule is CCN1CC(OC(=O)/C=C\C(=O)OC2CN(CC)CC2Oc2ccc3c(c2)CCC3)C(Oc2ccc3c(c2)CCC3)C1. The molecule has 2 aromatic carbocycles. The molecule has 0 saturated carbocycles. The van der Waals surface area contributed by atoms with E-state index in [0.29, 0.717) is 26.2 Å². The standard InChI is InChI=1S/C34H42N2O6/c1-3-35-19-29(39-27-13-11-23-7-5-9-25(23)17-27)31(21-35)41-33(37)15-16-34(38)42-32-22-36(4-2)20-30(32)40-28-14-12-24-8-6-10-26(24)18-28/h11-18,29-32H,3-10,19-22H2,1-2H3/b16-15-. The number of hydrogen-bond donors (Lipinski definition) is 0. The van der Waals surface area contributed by atoms with Crippen molar-refractivity contribution in [2.75, 3.05) is 39.3 Å². The van der Waals surface area contributed by atoms with Crippen molar-refractivity contribution in [3.63, 3.8) is 0 Å². The highest BCUT2D eigenvalue weighted by atomic mass is 16.6. The molecule has 0 amide bonds. The third-order valence-corrected chi connectivity index (χ3v) is 9.08. The maximum absolute atomic E-state index is 12.8. The van der Waals surface area contributed by atoms with Gasteiger partial charge in [-0.05, 0) is 98.1 Å². The molecule has 2 heterocycles. The van der Waals surface area contributed by atoms with Gasteiger partial charge in [-0.25, -0.2) is 9.59 Å². The summed E-state index contributed by atoms with van der Waals surface area (Å²) in [6.45, 7) is 8.37. The highest BCUT2D eigenvalue weighted by Gasteiger charge is 2.38. The number of carbonyl (C=O) groups is 2. The Morgan fingerprint density at radius 3 is 1.48 bits per heavy atom. The van der Waals surface area contributed by atoms with E-state index in [-0.39, 0.29) is 12.2 Å². The second-order valence-electron chi connectivity index (χ2n) is 11.9. The van der Waals surface area contributed by atoms with Gasteiger partial charge in [0.1, 0.15) is 23.7 Å². The van der Waals surface area contributed by atoms with Crippen molar-refractivity contribution >= 4 is 11.9 Å². The monoisotopic (exact) mass is 574 g/mol. The first-order valence-corrected chi connectivity index (χ1v) is 15.6. The average Bonchev–Trinajstić information content (AvgIpc) is 3.79. The average molecular weight is 575 g/mol. The van der Waals surface area contributed by atoms with E-state index in [9.17, 15) is 9.59 Å². The molecule has 4 aliphatic rings. The van der Waals surface area contributed by atoms with Crippen LogP contribution in [0, 0.1) is 0 Å². The van der Waals surface area contributed by atoms with Gasteiger partial charge in [-0.1, -0.05) is 26.0 Å². The Morgan fingerprint density at radius 2 is 1.05 bits per heavy atom. The Bertz CT molecular complexity index is 1230. The third-order valence-electron chi connectivity index (χ3n) is 9.08. The fraction of sp³-hybridized carbons (Fsp3) is 0.529. The third kappa shape index (κ3) is 6.65. The summed E-state index contributed by atoms with van der Waals surface area (Å²) >= 11 is 0. The zero-order chi connectivity index (χ0) is 29.1. The molecular formula is C34H42N2O6. The van der Waals surface area contributed by atoms with Crippen molar-refractivity contribution in [2.24, 2.45) is 0 Å². The fourth-order valence-electron chi connectivity index (χ4n) is 6.71. The number of benzene rings is 2. The lowest BCUT2D eigenvalue weighted by atomic mass is 10.1. The van der Waals surface area contributed by atoms with Crippen LogP contribution in [0.2, 0.25) is 0 Å². The lowest BCUT2D eigenvalue weighted by Crippen LogP contribution is -2.34. The summed E-state index contributed by atoms with van der Waals surface area (Å²) in [5.41, 5.74) is 5.48. The van der Waals surface area contributed by atoms with Gasteiger partial charge in [0.05, 0.1) is 0 Å². The van der Waals surface area contributed by atoms with Gasteiger partial charge < -0.3 is 18.9 Å². The first-order chi connectivity index (χ1) is 20.5. The van der Waals surface area contributed by atoms with E-state index in [0.717, 1.165) is 62.4 Å². The van der Waals surface area contributed by atoms with E-state index in [1.165, 1.54) is 35.1 Å². The molecule has 4 atom stereocenters. The Hall–Kier alpha value is -3.36. The Kier molecular flexibility index (Phi) is 8.81. The molecule has 42 heavy (non-hydrogen) atoms. The highest BCUT2D eigenvalue weighted by molar-refractivity contribution is 5.91. The van der Waals surface area contributed by atoms with Gasteiger partial charge in [-0.2, -0.15) is 0 Å². The molecule has 0 spiro atoms. The summed E-state index contributed by atoms with van der Waals surface area (Å²) in [5.74, 6) is 0.469. The topological polar surface area (TPSA) is 77.5 Å². The normalized spacial score (nSPS) is 25.5. The van der Waals surface area contributed by atoms with Crippen molar-refractivity contribution in [1.82, 2.24) is 9.80 Å². The van der Waals surface area contributed by atoms with Gasteiger partial charge in [-0.15, -0.1) is 0 Å². The maximum Gasteiger partial charge on any atom is 0.331 e. The van der Waals surface area contributed by atoms with Crippen molar-refractivity contribution < 1.29 is 28.5 Å². The number of nitrogens with zero attached hydrogens (tertiary/aromatic N) is 2. The zero-order valence-corrected chi connectivity index (χ0v) is 24.8. The van der Waals surface area contributed by atoms with E-state index in [2.05, 4.69) is 47.9 Å². The van der Waals surface area contributed by atoms with Crippen LogP contribution in [0.25, 0.3) is 0 Å². The molecule has 0 aromatic heterocycles. The number of rotatable bonds is 10. The molecule has 2 fully saturated rings. The summed E-state index contributed by atoms with van der Waals surface area (Å²) in [5, 5.41) is 0. The van der Waals surface area contributed by atoms with Gasteiger partial charge in [0.15, 0.2) is 12.2 Å². The molecule has 0 N–H and O–H groups in total. The van der Waals surface area contributed by atoms with Gasteiger partial charge in [0.25, 0.3) is 0 Å². The van der Waals surface area contributed by atoms with Crippen LogP contribution in [0.4, 0.5) is 0 Å². The van der Waals surface area contributed by atoms with E-state index in [1.807, 2.05) is 12.1 Å². The van der Waals surface area contributed by atoms with Crippen molar-refractivity contribution in [3.8, 4) is 11.5 Å². The van der Waals surface area contributed by atoms with Crippen LogP contribution in [0.1, 0.15) is 48.9 Å². The molecule has 2 saturated heterocycles. The summed E-state index contributed by atoms with van der Waals surface area (Å²) < 4.78 is 24.2. The van der Waals surface area contributed by atoms with Gasteiger partial charge in [0.2, 0.25) is 0 Å². The number of hydrogen-bond acceptors (Lipinski definition) is 8. The number of carbonyl (C=O) groups excluding carboxylic acids is 2. The minimum atomic E-state index is -0.579. The largest absolute Gasteiger partial charge is 0.485 e. The fourth-order valence-corrected chi connectivity index (χ4v) is 6.71. The molecule has 8 nitrogen and oxygen atoms in total. The smallest absolute Gasteiger partial charge is 0.331 e. The quantitative estimate of drug-likeness (QED) is 0.312. The number of ether oxygens (including phenoxy) is 4. The van der Waals surface area contributed by atoms with E-state index >= 15 is 0 Å². The minimum absolute atomic E-state index is 0.274. The Balaban J connectivity index is 1.03. The summed E-state index contributed by atoms with van der Waals surface area (Å²) in [4.78, 5) is 29.9. The Labute approximate surface area is 248 Å². The molecule has 0 radical (unpaired) electrons. The predicted octanol–water partition coefficient (Wildman–Crippen LogP) is 3.91. The highest BCUT2D eigenvalue weighted by Crippen LogP contribution is 2.30. The molecule has 8 heteroatoms. The second kappa shape index (κ2) is 12.9. The van der Waals surface area contributed by atoms with Crippen LogP contribution >= 0.6 is 0 Å². The molecule has 2 aromatic rings. The first kappa shape index (κ1) is 28.7. The van der Waals surface area contributed by atoms with Crippen LogP contribution in [0.5, 0.6) is 11.5 Å². The van der Waals surface area contributed by atoms with Crippen LogP contribution in [0.15, 0.2) is 48.6 Å². The molecule has 2 aliphatic carbocycles. The Morgan fingerprint density at radius 1 is 0.643 bits per heavy atom. The van der Waals surface area contributed by atoms with E-state index in [4.69, 9.17) is 18.9 Å². The molecule has 4 unspecified atom stereocenters. The van der Waals surface area contributed by atoms with Crippen molar-refractivity contribution in [2.45, 2.75) is 76.8 Å². The van der Waals surface area contributed by atoms with Crippen LogP contribution in [-0.4, -0.2) is 85.4 Å². The van der Waals surface area contributed by atoms with Gasteiger partial charge >= 0.3 is 11.9 Å². The number of likely N-dealkylation sites (N-methyl/N-ethyl adjacent to an activating group) is 2. The molecule has 0 bridgehead atoms. The number of likely N-dealkylation sites (tertiary alicyclic amines) is 2. The summed E-state index contributed by atoms with van der Waals surface area (Å²) in [7, 11) is 0. The maximum atomic E-state index is 12.8. The molecule has 6 rings (SSSR count). The molecule has 224 valence electrons. The zero-order valence-electron chi connectivity index (χ0n) is 24.8. The summed E-state index contributed by atoms with van der Waals surface area (Å²) in [6, 6.07) is 12.6. The number of aryl methyl sites for hydroxylation is 4. The minimum Gasteiger partial charge on any atom is -0.485 e. The van der Waals surface area contributed by atoms with Crippen molar-refractivity contribution in [3.05, 3.63) is 70.8 Å². The van der Waals surface area contributed by atoms with Crippen LogP contribution in [0.3, 0.4) is 0 Å². The number of esters is 2. The lowest BCUT2D eigenvalue weighted by molar-refractivity contribution is -0.148. The van der Waals surface area contributed by atoms with E-state index in [1.54, 1.807) is 0 Å².